The Morgan fingerprint density at radius 2 is 1.97 bits per heavy atom. The van der Waals surface area contributed by atoms with Gasteiger partial charge in [0.05, 0.1) is 11.7 Å². The Morgan fingerprint density at radius 3 is 2.71 bits per heavy atom. The summed E-state index contributed by atoms with van der Waals surface area (Å²) in [4.78, 5) is 18.4. The van der Waals surface area contributed by atoms with Crippen LogP contribution in [0.3, 0.4) is 0 Å². The average molecular weight is 492 g/mol. The molecule has 3 heterocycles. The molecular weight excluding hydrogens is 459 g/mol. The Hall–Kier alpha value is -2.65. The highest BCUT2D eigenvalue weighted by Crippen LogP contribution is 2.32. The number of carbonyl (C=O) groups is 1. The maximum atomic E-state index is 12.8. The van der Waals surface area contributed by atoms with Gasteiger partial charge in [-0.15, -0.1) is 0 Å². The quantitative estimate of drug-likeness (QED) is 0.451. The molecular formula is C26H32F3N3O3. The van der Waals surface area contributed by atoms with E-state index >= 15 is 0 Å². The van der Waals surface area contributed by atoms with Crippen LogP contribution in [-0.4, -0.2) is 53.3 Å². The molecule has 0 amide bonds. The number of anilines is 1. The molecule has 1 saturated heterocycles. The summed E-state index contributed by atoms with van der Waals surface area (Å²) in [5.41, 5.74) is 1.96. The lowest BCUT2D eigenvalue weighted by molar-refractivity contribution is -0.143. The van der Waals surface area contributed by atoms with Crippen LogP contribution in [0.4, 0.5) is 19.0 Å². The van der Waals surface area contributed by atoms with E-state index in [-0.39, 0.29) is 6.10 Å². The number of likely N-dealkylation sites (tertiary alicyclic amines) is 1. The number of unbranched alkanes of at least 4 members (excludes halogenated alkanes) is 2. The second kappa shape index (κ2) is 11.4. The van der Waals surface area contributed by atoms with Crippen molar-refractivity contribution in [3.8, 4) is 0 Å². The van der Waals surface area contributed by atoms with Crippen molar-refractivity contribution in [1.82, 2.24) is 9.88 Å². The maximum absolute atomic E-state index is 12.8. The average Bonchev–Trinajstić information content (AvgIpc) is 3.29. The predicted octanol–water partition coefficient (Wildman–Crippen LogP) is 5.09. The molecule has 1 fully saturated rings. The highest BCUT2D eigenvalue weighted by molar-refractivity contribution is 5.75. The van der Waals surface area contributed by atoms with Crippen molar-refractivity contribution in [1.29, 1.82) is 0 Å². The second-order valence-corrected chi connectivity index (χ2v) is 9.29. The zero-order valence-corrected chi connectivity index (χ0v) is 19.7. The van der Waals surface area contributed by atoms with Gasteiger partial charge in [-0.25, -0.2) is 4.98 Å². The highest BCUT2D eigenvalue weighted by Gasteiger charge is 2.35. The molecule has 2 N–H and O–H groups in total. The number of nitrogens with zero attached hydrogens (tertiary/aromatic N) is 2. The van der Waals surface area contributed by atoms with Crippen LogP contribution in [0.1, 0.15) is 60.5 Å². The third kappa shape index (κ3) is 6.73. The summed E-state index contributed by atoms with van der Waals surface area (Å²) in [6.07, 6.45) is 2.32. The first-order valence-corrected chi connectivity index (χ1v) is 12.3. The first-order valence-electron chi connectivity index (χ1n) is 12.3. The number of nitrogens with one attached hydrogen (secondary N) is 1. The Kier molecular flexibility index (Phi) is 8.28. The van der Waals surface area contributed by atoms with Crippen molar-refractivity contribution in [2.45, 2.75) is 63.3 Å². The number of carboxylic acid groups (broad SMARTS) is 1. The number of aliphatic carboxylic acids is 1. The normalized spacial score (nSPS) is 19.2. The molecule has 35 heavy (non-hydrogen) atoms. The smallest absolute Gasteiger partial charge is 0.416 e. The van der Waals surface area contributed by atoms with Crippen LogP contribution in [0.2, 0.25) is 0 Å². The molecule has 6 nitrogen and oxygen atoms in total. The number of halogens is 3. The Bertz CT molecular complexity index is 998. The molecule has 0 bridgehead atoms. The molecule has 0 aliphatic carbocycles. The minimum atomic E-state index is -4.45. The first kappa shape index (κ1) is 25.4. The van der Waals surface area contributed by atoms with Crippen LogP contribution >= 0.6 is 0 Å². The minimum Gasteiger partial charge on any atom is -0.480 e. The zero-order valence-electron chi connectivity index (χ0n) is 19.7. The topological polar surface area (TPSA) is 74.7 Å². The molecule has 1 aromatic carbocycles. The fraction of sp³-hybridized carbons (Fsp3) is 0.538. The van der Waals surface area contributed by atoms with Gasteiger partial charge in [-0.1, -0.05) is 24.6 Å². The third-order valence-electron chi connectivity index (χ3n) is 6.71. The molecule has 2 aliphatic rings. The molecule has 0 unspecified atom stereocenters. The van der Waals surface area contributed by atoms with E-state index in [1.807, 2.05) is 0 Å². The number of hydrogen-bond donors (Lipinski definition) is 2. The molecule has 0 saturated carbocycles. The SMILES string of the molecule is O=C(O)[C@@H](c1ccc(C(F)(F)F)cc1)N1CC[C@@H](OCCCCCc2ccc3c(n2)NCCC3)C1. The summed E-state index contributed by atoms with van der Waals surface area (Å²) < 4.78 is 44.5. The minimum absolute atomic E-state index is 0.0697. The van der Waals surface area contributed by atoms with Gasteiger partial charge in [-0.05, 0) is 67.9 Å². The lowest BCUT2D eigenvalue weighted by atomic mass is 10.0. The van der Waals surface area contributed by atoms with E-state index in [9.17, 15) is 23.1 Å². The van der Waals surface area contributed by atoms with Gasteiger partial charge in [0.1, 0.15) is 11.9 Å². The lowest BCUT2D eigenvalue weighted by Gasteiger charge is -2.25. The van der Waals surface area contributed by atoms with Crippen molar-refractivity contribution in [2.75, 3.05) is 31.6 Å². The Morgan fingerprint density at radius 1 is 1.17 bits per heavy atom. The van der Waals surface area contributed by atoms with Gasteiger partial charge in [0.2, 0.25) is 0 Å². The summed E-state index contributed by atoms with van der Waals surface area (Å²) in [5, 5.41) is 13.1. The molecule has 4 rings (SSSR count). The van der Waals surface area contributed by atoms with Gasteiger partial charge in [0, 0.05) is 31.9 Å². The number of alkyl halides is 3. The van der Waals surface area contributed by atoms with E-state index in [1.54, 1.807) is 4.90 Å². The van der Waals surface area contributed by atoms with Crippen LogP contribution in [0.15, 0.2) is 36.4 Å². The van der Waals surface area contributed by atoms with Gasteiger partial charge in [-0.2, -0.15) is 13.2 Å². The monoisotopic (exact) mass is 491 g/mol. The van der Waals surface area contributed by atoms with E-state index < -0.39 is 23.8 Å². The number of aromatic nitrogens is 1. The van der Waals surface area contributed by atoms with E-state index in [2.05, 4.69) is 17.4 Å². The van der Waals surface area contributed by atoms with E-state index in [1.165, 1.54) is 17.7 Å². The second-order valence-electron chi connectivity index (χ2n) is 9.29. The lowest BCUT2D eigenvalue weighted by Crippen LogP contribution is -2.33. The maximum Gasteiger partial charge on any atom is 0.416 e. The van der Waals surface area contributed by atoms with Crippen molar-refractivity contribution < 1.29 is 27.8 Å². The van der Waals surface area contributed by atoms with Gasteiger partial charge in [-0.3, -0.25) is 9.69 Å². The molecule has 2 aromatic rings. The molecule has 190 valence electrons. The first-order chi connectivity index (χ1) is 16.8. The molecule has 2 aliphatic heterocycles. The van der Waals surface area contributed by atoms with Crippen molar-refractivity contribution >= 4 is 11.8 Å². The summed E-state index contributed by atoms with van der Waals surface area (Å²) in [5.74, 6) is -0.0461. The molecule has 0 spiro atoms. The standard InChI is InChI=1S/C26H32F3N3O3/c27-26(28,29)20-10-7-18(8-11-20)23(25(33)34)32-15-13-22(17-32)35-16-3-1-2-6-21-12-9-19-5-4-14-30-24(19)31-21/h7-12,22-23H,1-6,13-17H2,(H,30,31)(H,33,34)/t22-,23-/m1/s1. The number of carboxylic acids is 1. The number of pyridine rings is 1. The number of hydrogen-bond acceptors (Lipinski definition) is 5. The van der Waals surface area contributed by atoms with Crippen LogP contribution < -0.4 is 5.32 Å². The molecule has 1 aromatic heterocycles. The molecule has 9 heteroatoms. The van der Waals surface area contributed by atoms with Crippen LogP contribution in [0.5, 0.6) is 0 Å². The zero-order chi connectivity index (χ0) is 24.8. The summed E-state index contributed by atoms with van der Waals surface area (Å²) in [7, 11) is 0. The summed E-state index contributed by atoms with van der Waals surface area (Å²) >= 11 is 0. The number of ether oxygens (including phenoxy) is 1. The van der Waals surface area contributed by atoms with Gasteiger partial charge < -0.3 is 15.2 Å². The molecule has 2 atom stereocenters. The van der Waals surface area contributed by atoms with E-state index in [4.69, 9.17) is 9.72 Å². The largest absolute Gasteiger partial charge is 0.480 e. The Labute approximate surface area is 203 Å². The van der Waals surface area contributed by atoms with Gasteiger partial charge in [0.25, 0.3) is 0 Å². The number of benzene rings is 1. The molecule has 0 radical (unpaired) electrons. The van der Waals surface area contributed by atoms with Gasteiger partial charge in [0.15, 0.2) is 0 Å². The number of aryl methyl sites for hydroxylation is 2. The van der Waals surface area contributed by atoms with Gasteiger partial charge >= 0.3 is 12.1 Å². The highest BCUT2D eigenvalue weighted by atomic mass is 19.4. The van der Waals surface area contributed by atoms with Crippen LogP contribution in [0.25, 0.3) is 0 Å². The van der Waals surface area contributed by atoms with Crippen molar-refractivity contribution in [3.05, 3.63) is 58.8 Å². The third-order valence-corrected chi connectivity index (χ3v) is 6.71. The number of fused-ring (bicyclic) bond motifs is 1. The van der Waals surface area contributed by atoms with E-state index in [0.717, 1.165) is 68.7 Å². The van der Waals surface area contributed by atoms with Crippen LogP contribution in [0, 0.1) is 0 Å². The van der Waals surface area contributed by atoms with Crippen LogP contribution in [-0.2, 0) is 28.5 Å². The Balaban J connectivity index is 1.18. The summed E-state index contributed by atoms with van der Waals surface area (Å²) in [6.45, 7) is 2.57. The van der Waals surface area contributed by atoms with Crippen molar-refractivity contribution in [3.63, 3.8) is 0 Å². The predicted molar refractivity (Wildman–Crippen MR) is 126 cm³/mol. The summed E-state index contributed by atoms with van der Waals surface area (Å²) in [6, 6.07) is 7.69. The fourth-order valence-electron chi connectivity index (χ4n) is 4.83. The van der Waals surface area contributed by atoms with E-state index in [0.29, 0.717) is 31.7 Å². The van der Waals surface area contributed by atoms with Crippen molar-refractivity contribution in [2.24, 2.45) is 0 Å². The fourth-order valence-corrected chi connectivity index (χ4v) is 4.83. The number of rotatable bonds is 10.